The summed E-state index contributed by atoms with van der Waals surface area (Å²) in [5.41, 5.74) is 0.899. The fourth-order valence-electron chi connectivity index (χ4n) is 2.52. The molecule has 0 amide bonds. The summed E-state index contributed by atoms with van der Waals surface area (Å²) in [7, 11) is 0. The molecule has 0 aromatic carbocycles. The number of ether oxygens (including phenoxy) is 3. The second-order valence-electron chi connectivity index (χ2n) is 5.64. The van der Waals surface area contributed by atoms with Crippen LogP contribution in [0.4, 0.5) is 0 Å². The summed E-state index contributed by atoms with van der Waals surface area (Å²) in [6.07, 6.45) is -0.936. The van der Waals surface area contributed by atoms with Gasteiger partial charge in [-0.25, -0.2) is 4.79 Å². The number of rotatable bonds is 10. The Hall–Kier alpha value is -1.66. The van der Waals surface area contributed by atoms with Crippen LogP contribution in [0.1, 0.15) is 68.0 Å². The van der Waals surface area contributed by atoms with E-state index in [1.54, 1.807) is 27.7 Å². The van der Waals surface area contributed by atoms with Gasteiger partial charge in [0.05, 0.1) is 6.61 Å². The normalized spacial score (nSPS) is 11.3. The summed E-state index contributed by atoms with van der Waals surface area (Å²) in [6.45, 7) is 11.9. The van der Waals surface area contributed by atoms with Crippen molar-refractivity contribution in [2.45, 2.75) is 60.2 Å². The Labute approximate surface area is 143 Å². The molecule has 0 aliphatic heterocycles. The lowest BCUT2D eigenvalue weighted by Gasteiger charge is -2.16. The summed E-state index contributed by atoms with van der Waals surface area (Å²) < 4.78 is 21.6. The van der Waals surface area contributed by atoms with Crippen LogP contribution >= 0.6 is 0 Å². The second kappa shape index (κ2) is 9.59. The van der Waals surface area contributed by atoms with Gasteiger partial charge in [-0.3, -0.25) is 4.79 Å². The first-order valence-electron chi connectivity index (χ1n) is 8.42. The molecule has 1 rings (SSSR count). The first-order chi connectivity index (χ1) is 11.4. The third-order valence-electron chi connectivity index (χ3n) is 3.47. The van der Waals surface area contributed by atoms with Crippen molar-refractivity contribution in [3.63, 3.8) is 0 Å². The molecule has 1 heterocycles. The minimum atomic E-state index is -0.940. The van der Waals surface area contributed by atoms with Gasteiger partial charge in [-0.1, -0.05) is 13.8 Å². The number of aryl methyl sites for hydroxylation is 1. The van der Waals surface area contributed by atoms with Gasteiger partial charge in [0.2, 0.25) is 6.29 Å². The second-order valence-corrected chi connectivity index (χ2v) is 5.64. The van der Waals surface area contributed by atoms with E-state index in [0.29, 0.717) is 35.9 Å². The Bertz CT molecular complexity index is 552. The molecule has 0 radical (unpaired) electrons. The van der Waals surface area contributed by atoms with Crippen LogP contribution in [0, 0.1) is 6.92 Å². The number of esters is 1. The number of ketones is 1. The van der Waals surface area contributed by atoms with Crippen molar-refractivity contribution in [1.82, 2.24) is 0 Å². The van der Waals surface area contributed by atoms with Gasteiger partial charge in [0.1, 0.15) is 17.1 Å². The molecule has 0 fully saturated rings. The molecule has 0 saturated carbocycles. The minimum absolute atomic E-state index is 0.00364. The molecule has 24 heavy (non-hydrogen) atoms. The SMILES string of the molecule is CCOC(=O)c1c(C)oc(C(C)C)c1CC(=O)C(OCC)OCC. The number of hydrogen-bond donors (Lipinski definition) is 0. The van der Waals surface area contributed by atoms with Crippen LogP contribution in [-0.2, 0) is 25.4 Å². The molecule has 0 atom stereocenters. The molecule has 6 nitrogen and oxygen atoms in total. The molecule has 0 spiro atoms. The molecule has 6 heteroatoms. The third-order valence-corrected chi connectivity index (χ3v) is 3.47. The van der Waals surface area contributed by atoms with Crippen molar-refractivity contribution < 1.29 is 28.2 Å². The fraction of sp³-hybridized carbons (Fsp3) is 0.667. The summed E-state index contributed by atoms with van der Waals surface area (Å²) in [6, 6.07) is 0. The molecule has 0 bridgehead atoms. The zero-order valence-electron chi connectivity index (χ0n) is 15.4. The van der Waals surface area contributed by atoms with Crippen LogP contribution in [0.3, 0.4) is 0 Å². The van der Waals surface area contributed by atoms with Gasteiger partial charge in [0.15, 0.2) is 5.78 Å². The maximum absolute atomic E-state index is 12.6. The lowest BCUT2D eigenvalue weighted by atomic mass is 9.97. The summed E-state index contributed by atoms with van der Waals surface area (Å²) >= 11 is 0. The first kappa shape index (κ1) is 20.4. The Kier molecular flexibility index (Phi) is 8.15. The first-order valence-corrected chi connectivity index (χ1v) is 8.42. The van der Waals surface area contributed by atoms with Crippen molar-refractivity contribution in [3.05, 3.63) is 22.6 Å². The smallest absolute Gasteiger partial charge is 0.341 e. The van der Waals surface area contributed by atoms with E-state index in [4.69, 9.17) is 18.6 Å². The van der Waals surface area contributed by atoms with Gasteiger partial charge < -0.3 is 18.6 Å². The molecular formula is C18H28O6. The van der Waals surface area contributed by atoms with Crippen LogP contribution in [0.5, 0.6) is 0 Å². The van der Waals surface area contributed by atoms with Gasteiger partial charge in [0.25, 0.3) is 0 Å². The van der Waals surface area contributed by atoms with E-state index in [1.165, 1.54) is 0 Å². The highest BCUT2D eigenvalue weighted by Gasteiger charge is 2.30. The lowest BCUT2D eigenvalue weighted by Crippen LogP contribution is -2.29. The van der Waals surface area contributed by atoms with E-state index in [9.17, 15) is 9.59 Å². The van der Waals surface area contributed by atoms with Crippen LogP contribution in [-0.4, -0.2) is 37.9 Å². The van der Waals surface area contributed by atoms with Crippen molar-refractivity contribution in [3.8, 4) is 0 Å². The fourth-order valence-corrected chi connectivity index (χ4v) is 2.52. The van der Waals surface area contributed by atoms with E-state index in [1.807, 2.05) is 13.8 Å². The van der Waals surface area contributed by atoms with Gasteiger partial charge in [-0.2, -0.15) is 0 Å². The molecule has 0 aliphatic rings. The van der Waals surface area contributed by atoms with Crippen molar-refractivity contribution in [1.29, 1.82) is 0 Å². The molecule has 1 aromatic rings. The highest BCUT2D eigenvalue weighted by atomic mass is 16.7. The summed E-state index contributed by atoms with van der Waals surface area (Å²) in [4.78, 5) is 24.8. The maximum Gasteiger partial charge on any atom is 0.341 e. The molecule has 1 aromatic heterocycles. The quantitative estimate of drug-likeness (QED) is 0.480. The number of carbonyl (C=O) groups excluding carboxylic acids is 2. The average molecular weight is 340 g/mol. The monoisotopic (exact) mass is 340 g/mol. The zero-order valence-corrected chi connectivity index (χ0v) is 15.4. The van der Waals surface area contributed by atoms with Gasteiger partial charge in [-0.05, 0) is 27.7 Å². The molecule has 0 N–H and O–H groups in total. The minimum Gasteiger partial charge on any atom is -0.465 e. The Morgan fingerprint density at radius 3 is 2.08 bits per heavy atom. The number of furan rings is 1. The topological polar surface area (TPSA) is 75.0 Å². The molecule has 0 saturated heterocycles. The highest BCUT2D eigenvalue weighted by molar-refractivity contribution is 5.95. The third kappa shape index (κ3) is 4.92. The Morgan fingerprint density at radius 2 is 1.62 bits per heavy atom. The zero-order chi connectivity index (χ0) is 18.3. The highest BCUT2D eigenvalue weighted by Crippen LogP contribution is 2.30. The average Bonchev–Trinajstić information content (AvgIpc) is 2.84. The Balaban J connectivity index is 3.19. The summed E-state index contributed by atoms with van der Waals surface area (Å²) in [5.74, 6) is 0.400. The van der Waals surface area contributed by atoms with Crippen molar-refractivity contribution in [2.24, 2.45) is 0 Å². The van der Waals surface area contributed by atoms with Crippen molar-refractivity contribution in [2.75, 3.05) is 19.8 Å². The standard InChI is InChI=1S/C18H28O6/c1-7-21-17(20)15-12(6)24-16(11(4)5)13(15)10-14(19)18(22-8-2)23-9-3/h11,18H,7-10H2,1-6H3. The van der Waals surface area contributed by atoms with E-state index in [0.717, 1.165) is 0 Å². The van der Waals surface area contributed by atoms with E-state index in [-0.39, 0.29) is 24.7 Å². The maximum atomic E-state index is 12.6. The van der Waals surface area contributed by atoms with E-state index >= 15 is 0 Å². The number of Topliss-reactive ketones (excluding diaryl/α,β-unsaturated/α-hetero) is 1. The van der Waals surface area contributed by atoms with Gasteiger partial charge in [-0.15, -0.1) is 0 Å². The summed E-state index contributed by atoms with van der Waals surface area (Å²) in [5, 5.41) is 0. The number of hydrogen-bond acceptors (Lipinski definition) is 6. The van der Waals surface area contributed by atoms with Crippen LogP contribution in [0.25, 0.3) is 0 Å². The van der Waals surface area contributed by atoms with Crippen molar-refractivity contribution >= 4 is 11.8 Å². The largest absolute Gasteiger partial charge is 0.465 e. The molecular weight excluding hydrogens is 312 g/mol. The Morgan fingerprint density at radius 1 is 1.04 bits per heavy atom. The van der Waals surface area contributed by atoms with Gasteiger partial charge in [0, 0.05) is 31.1 Å². The predicted octanol–water partition coefficient (Wildman–Crippen LogP) is 3.40. The van der Waals surface area contributed by atoms with E-state index < -0.39 is 12.3 Å². The van der Waals surface area contributed by atoms with Crippen LogP contribution in [0.2, 0.25) is 0 Å². The lowest BCUT2D eigenvalue weighted by molar-refractivity contribution is -0.167. The molecule has 0 aliphatic carbocycles. The predicted molar refractivity (Wildman–Crippen MR) is 89.2 cm³/mol. The van der Waals surface area contributed by atoms with Crippen LogP contribution in [0.15, 0.2) is 4.42 Å². The molecule has 0 unspecified atom stereocenters. The van der Waals surface area contributed by atoms with Crippen LogP contribution < -0.4 is 0 Å². The van der Waals surface area contributed by atoms with Gasteiger partial charge >= 0.3 is 5.97 Å². The number of carbonyl (C=O) groups is 2. The molecule has 136 valence electrons. The van der Waals surface area contributed by atoms with E-state index in [2.05, 4.69) is 0 Å².